The molecule has 4 nitrogen and oxygen atoms in total. The van der Waals surface area contributed by atoms with Crippen LogP contribution in [0.2, 0.25) is 0 Å². The molecule has 0 spiro atoms. The lowest BCUT2D eigenvalue weighted by atomic mass is 10.2. The average Bonchev–Trinajstić information content (AvgIpc) is 2.31. The minimum atomic E-state index is 0.314. The van der Waals surface area contributed by atoms with Crippen LogP contribution in [0.1, 0.15) is 5.69 Å². The fourth-order valence-corrected chi connectivity index (χ4v) is 1.32. The molecular formula is C11H11N3O. The maximum absolute atomic E-state index is 5.00. The summed E-state index contributed by atoms with van der Waals surface area (Å²) < 4.78 is 0. The van der Waals surface area contributed by atoms with Crippen molar-refractivity contribution in [3.8, 4) is 11.3 Å². The van der Waals surface area contributed by atoms with Crippen molar-refractivity contribution in [3.63, 3.8) is 0 Å². The van der Waals surface area contributed by atoms with Gasteiger partial charge >= 0.3 is 0 Å². The maximum atomic E-state index is 5.00. The number of aromatic nitrogens is 2. The van der Waals surface area contributed by atoms with Gasteiger partial charge in [0.05, 0.1) is 11.4 Å². The fourth-order valence-electron chi connectivity index (χ4n) is 1.32. The van der Waals surface area contributed by atoms with Gasteiger partial charge in [-0.3, -0.25) is 14.8 Å². The first-order valence-corrected chi connectivity index (χ1v) is 4.58. The van der Waals surface area contributed by atoms with E-state index in [0.29, 0.717) is 6.61 Å². The van der Waals surface area contributed by atoms with E-state index in [-0.39, 0.29) is 0 Å². The van der Waals surface area contributed by atoms with Crippen molar-refractivity contribution >= 4 is 0 Å². The van der Waals surface area contributed by atoms with Crippen LogP contribution in [0.15, 0.2) is 42.7 Å². The van der Waals surface area contributed by atoms with Crippen LogP contribution in [0.25, 0.3) is 11.3 Å². The van der Waals surface area contributed by atoms with Crippen LogP contribution in [-0.4, -0.2) is 9.97 Å². The molecule has 0 aromatic carbocycles. The maximum Gasteiger partial charge on any atom is 0.110 e. The molecule has 2 rings (SSSR count). The molecule has 0 amide bonds. The first-order valence-electron chi connectivity index (χ1n) is 4.58. The first kappa shape index (κ1) is 9.76. The molecule has 0 radical (unpaired) electrons. The van der Waals surface area contributed by atoms with Crippen molar-refractivity contribution in [1.29, 1.82) is 0 Å². The topological polar surface area (TPSA) is 61.0 Å². The van der Waals surface area contributed by atoms with Crippen molar-refractivity contribution in [1.82, 2.24) is 9.97 Å². The molecule has 0 atom stereocenters. The molecule has 0 bridgehead atoms. The van der Waals surface area contributed by atoms with Crippen LogP contribution in [0, 0.1) is 0 Å². The number of hydrogen-bond acceptors (Lipinski definition) is 4. The van der Waals surface area contributed by atoms with Crippen molar-refractivity contribution in [2.24, 2.45) is 5.90 Å². The molecular weight excluding hydrogens is 190 g/mol. The van der Waals surface area contributed by atoms with Gasteiger partial charge in [0.15, 0.2) is 0 Å². The molecule has 76 valence electrons. The van der Waals surface area contributed by atoms with E-state index in [0.717, 1.165) is 17.0 Å². The van der Waals surface area contributed by atoms with Gasteiger partial charge in [-0.1, -0.05) is 6.07 Å². The Morgan fingerprint density at radius 1 is 1.20 bits per heavy atom. The second-order valence-corrected chi connectivity index (χ2v) is 3.07. The highest BCUT2D eigenvalue weighted by molar-refractivity contribution is 5.57. The summed E-state index contributed by atoms with van der Waals surface area (Å²) in [5.41, 5.74) is 2.66. The molecule has 4 heteroatoms. The second kappa shape index (κ2) is 4.63. The van der Waals surface area contributed by atoms with Gasteiger partial charge < -0.3 is 0 Å². The largest absolute Gasteiger partial charge is 0.298 e. The van der Waals surface area contributed by atoms with Gasteiger partial charge in [0.2, 0.25) is 0 Å². The predicted molar refractivity (Wildman–Crippen MR) is 56.4 cm³/mol. The number of nitrogens with zero attached hydrogens (tertiary/aromatic N) is 2. The Morgan fingerprint density at radius 2 is 2.13 bits per heavy atom. The number of nitrogens with two attached hydrogens (primary N) is 1. The summed E-state index contributed by atoms with van der Waals surface area (Å²) >= 11 is 0. The van der Waals surface area contributed by atoms with Crippen LogP contribution < -0.4 is 5.90 Å². The fraction of sp³-hybridized carbons (Fsp3) is 0.0909. The number of hydrogen-bond donors (Lipinski definition) is 1. The van der Waals surface area contributed by atoms with Gasteiger partial charge in [-0.2, -0.15) is 0 Å². The lowest BCUT2D eigenvalue weighted by Gasteiger charge is -2.02. The van der Waals surface area contributed by atoms with Crippen molar-refractivity contribution in [3.05, 3.63) is 48.4 Å². The summed E-state index contributed by atoms with van der Waals surface area (Å²) in [6.07, 6.45) is 3.51. The normalized spacial score (nSPS) is 10.2. The van der Waals surface area contributed by atoms with E-state index >= 15 is 0 Å². The predicted octanol–water partition coefficient (Wildman–Crippen LogP) is 1.53. The molecule has 0 saturated carbocycles. The van der Waals surface area contributed by atoms with Gasteiger partial charge in [-0.15, -0.1) is 0 Å². The standard InChI is InChI=1S/C11H11N3O/c12-15-8-10-4-1-5-11(14-10)9-3-2-6-13-7-9/h1-7H,8,12H2. The zero-order valence-corrected chi connectivity index (χ0v) is 8.13. The van der Waals surface area contributed by atoms with E-state index in [1.54, 1.807) is 12.4 Å². The minimum absolute atomic E-state index is 0.314. The molecule has 2 N–H and O–H groups in total. The molecule has 2 aromatic heterocycles. The summed E-state index contributed by atoms with van der Waals surface area (Å²) in [5, 5.41) is 0. The van der Waals surface area contributed by atoms with E-state index in [1.165, 1.54) is 0 Å². The van der Waals surface area contributed by atoms with Gasteiger partial charge in [-0.05, 0) is 24.3 Å². The first-order chi connectivity index (χ1) is 7.40. The quantitative estimate of drug-likeness (QED) is 0.765. The van der Waals surface area contributed by atoms with Crippen LogP contribution in [0.5, 0.6) is 0 Å². The zero-order chi connectivity index (χ0) is 10.5. The van der Waals surface area contributed by atoms with Crippen molar-refractivity contribution in [2.75, 3.05) is 0 Å². The Kier molecular flexibility index (Phi) is 3.02. The minimum Gasteiger partial charge on any atom is -0.298 e. The Labute approximate surface area is 87.7 Å². The molecule has 0 saturated heterocycles. The highest BCUT2D eigenvalue weighted by Crippen LogP contribution is 2.15. The summed E-state index contributed by atoms with van der Waals surface area (Å²) in [6.45, 7) is 0.314. The average molecular weight is 201 g/mol. The van der Waals surface area contributed by atoms with Crippen molar-refractivity contribution < 1.29 is 4.84 Å². The third-order valence-electron chi connectivity index (χ3n) is 2.00. The summed E-state index contributed by atoms with van der Waals surface area (Å²) in [5.74, 6) is 5.00. The van der Waals surface area contributed by atoms with Gasteiger partial charge in [-0.25, -0.2) is 5.90 Å². The Hall–Kier alpha value is -1.78. The lowest BCUT2D eigenvalue weighted by Crippen LogP contribution is -2.01. The van der Waals surface area contributed by atoms with Gasteiger partial charge in [0.1, 0.15) is 6.61 Å². The summed E-state index contributed by atoms with van der Waals surface area (Å²) in [6, 6.07) is 9.55. The van der Waals surface area contributed by atoms with Gasteiger partial charge in [0.25, 0.3) is 0 Å². The molecule has 0 aliphatic rings. The highest BCUT2D eigenvalue weighted by Gasteiger charge is 2.00. The lowest BCUT2D eigenvalue weighted by molar-refractivity contribution is 0.121. The molecule has 15 heavy (non-hydrogen) atoms. The van der Waals surface area contributed by atoms with E-state index in [2.05, 4.69) is 14.8 Å². The third-order valence-corrected chi connectivity index (χ3v) is 2.00. The third kappa shape index (κ3) is 2.37. The molecule has 0 aliphatic carbocycles. The van der Waals surface area contributed by atoms with Crippen LogP contribution >= 0.6 is 0 Å². The molecule has 0 fully saturated rings. The summed E-state index contributed by atoms with van der Waals surface area (Å²) in [4.78, 5) is 13.0. The zero-order valence-electron chi connectivity index (χ0n) is 8.13. The van der Waals surface area contributed by atoms with Crippen molar-refractivity contribution in [2.45, 2.75) is 6.61 Å². The van der Waals surface area contributed by atoms with Crippen LogP contribution in [0.3, 0.4) is 0 Å². The Bertz CT molecular complexity index is 431. The van der Waals surface area contributed by atoms with E-state index in [4.69, 9.17) is 5.90 Å². The SMILES string of the molecule is NOCc1cccc(-c2cccnc2)n1. The van der Waals surface area contributed by atoms with E-state index < -0.39 is 0 Å². The molecule has 2 heterocycles. The van der Waals surface area contributed by atoms with Crippen LogP contribution in [-0.2, 0) is 11.4 Å². The smallest absolute Gasteiger partial charge is 0.110 e. The van der Waals surface area contributed by atoms with E-state index in [1.807, 2.05) is 30.3 Å². The van der Waals surface area contributed by atoms with Gasteiger partial charge in [0, 0.05) is 18.0 Å². The monoisotopic (exact) mass is 201 g/mol. The van der Waals surface area contributed by atoms with Crippen LogP contribution in [0.4, 0.5) is 0 Å². The highest BCUT2D eigenvalue weighted by atomic mass is 16.6. The molecule has 0 unspecified atom stereocenters. The second-order valence-electron chi connectivity index (χ2n) is 3.07. The summed E-state index contributed by atoms with van der Waals surface area (Å²) in [7, 11) is 0. The Morgan fingerprint density at radius 3 is 2.87 bits per heavy atom. The number of rotatable bonds is 3. The molecule has 0 aliphatic heterocycles. The van der Waals surface area contributed by atoms with E-state index in [9.17, 15) is 0 Å². The molecule has 2 aromatic rings. The number of pyridine rings is 2. The Balaban J connectivity index is 2.33.